The Labute approximate surface area is 169 Å². The average molecular weight is 408 g/mol. The Hall–Kier alpha value is -1.64. The van der Waals surface area contributed by atoms with Crippen molar-refractivity contribution in [2.45, 2.75) is 25.4 Å². The minimum absolute atomic E-state index is 0.277. The van der Waals surface area contributed by atoms with Crippen molar-refractivity contribution < 1.29 is 8.42 Å². The van der Waals surface area contributed by atoms with E-state index in [-0.39, 0.29) is 11.5 Å². The van der Waals surface area contributed by atoms with Gasteiger partial charge in [0.1, 0.15) is 0 Å². The maximum Gasteiger partial charge on any atom is 0.191 e. The Morgan fingerprint density at radius 3 is 2.61 bits per heavy atom. The summed E-state index contributed by atoms with van der Waals surface area (Å²) in [6.45, 7) is 5.88. The summed E-state index contributed by atoms with van der Waals surface area (Å²) in [5.74, 6) is 1.37. The molecule has 2 aliphatic heterocycles. The number of nitrogens with one attached hydrogen (secondary N) is 2. The zero-order valence-electron chi connectivity index (χ0n) is 16.8. The molecule has 0 aromatic heterocycles. The van der Waals surface area contributed by atoms with Gasteiger partial charge in [-0.05, 0) is 24.9 Å². The lowest BCUT2D eigenvalue weighted by Gasteiger charge is -2.27. The molecule has 7 nitrogen and oxygen atoms in total. The SMILES string of the molecule is CN=C(NCCN1CCS(=O)(=O)CC1)NCC1CCCN1Cc1ccccc1. The zero-order chi connectivity index (χ0) is 19.8. The monoisotopic (exact) mass is 407 g/mol. The normalized spacial score (nSPS) is 23.6. The van der Waals surface area contributed by atoms with E-state index in [0.29, 0.717) is 19.1 Å². The summed E-state index contributed by atoms with van der Waals surface area (Å²) < 4.78 is 23.0. The van der Waals surface area contributed by atoms with Crippen molar-refractivity contribution in [1.82, 2.24) is 20.4 Å². The topological polar surface area (TPSA) is 77.0 Å². The second-order valence-corrected chi connectivity index (χ2v) is 9.93. The fourth-order valence-corrected chi connectivity index (χ4v) is 5.17. The van der Waals surface area contributed by atoms with Crippen LogP contribution in [0.5, 0.6) is 0 Å². The van der Waals surface area contributed by atoms with E-state index in [4.69, 9.17) is 0 Å². The van der Waals surface area contributed by atoms with E-state index in [1.807, 2.05) is 0 Å². The molecule has 0 spiro atoms. The van der Waals surface area contributed by atoms with Gasteiger partial charge < -0.3 is 10.6 Å². The van der Waals surface area contributed by atoms with Crippen LogP contribution in [0, 0.1) is 0 Å². The third-order valence-corrected chi connectivity index (χ3v) is 7.22. The predicted molar refractivity (Wildman–Crippen MR) is 114 cm³/mol. The molecule has 2 fully saturated rings. The summed E-state index contributed by atoms with van der Waals surface area (Å²) in [5, 5.41) is 6.82. The molecule has 2 aliphatic rings. The largest absolute Gasteiger partial charge is 0.355 e. The second kappa shape index (κ2) is 10.2. The first-order chi connectivity index (χ1) is 13.6. The van der Waals surface area contributed by atoms with E-state index in [1.165, 1.54) is 18.4 Å². The molecule has 28 heavy (non-hydrogen) atoms. The predicted octanol–water partition coefficient (Wildman–Crippen LogP) is 0.546. The summed E-state index contributed by atoms with van der Waals surface area (Å²) >= 11 is 0. The number of likely N-dealkylation sites (tertiary alicyclic amines) is 1. The molecule has 3 rings (SSSR count). The molecule has 1 atom stereocenters. The molecule has 0 aliphatic carbocycles. The van der Waals surface area contributed by atoms with E-state index in [0.717, 1.165) is 38.7 Å². The molecule has 0 saturated carbocycles. The van der Waals surface area contributed by atoms with Crippen molar-refractivity contribution in [2.75, 3.05) is 57.8 Å². The van der Waals surface area contributed by atoms with Crippen LogP contribution in [0.15, 0.2) is 35.3 Å². The number of hydrogen-bond acceptors (Lipinski definition) is 5. The Balaban J connectivity index is 1.37. The first-order valence-electron chi connectivity index (χ1n) is 10.2. The summed E-state index contributed by atoms with van der Waals surface area (Å²) in [4.78, 5) is 9.07. The van der Waals surface area contributed by atoms with E-state index < -0.39 is 9.84 Å². The van der Waals surface area contributed by atoms with Crippen molar-refractivity contribution in [2.24, 2.45) is 4.99 Å². The quantitative estimate of drug-likeness (QED) is 0.508. The molecule has 2 saturated heterocycles. The number of aliphatic imine (C=N–C) groups is 1. The highest BCUT2D eigenvalue weighted by molar-refractivity contribution is 7.91. The molecule has 156 valence electrons. The molecular weight excluding hydrogens is 374 g/mol. The van der Waals surface area contributed by atoms with E-state index in [9.17, 15) is 8.42 Å². The Morgan fingerprint density at radius 2 is 1.89 bits per heavy atom. The first-order valence-corrected chi connectivity index (χ1v) is 12.0. The Morgan fingerprint density at radius 1 is 1.14 bits per heavy atom. The number of benzene rings is 1. The minimum atomic E-state index is -2.81. The zero-order valence-corrected chi connectivity index (χ0v) is 17.6. The molecule has 2 heterocycles. The van der Waals surface area contributed by atoms with Crippen LogP contribution in [0.2, 0.25) is 0 Å². The molecule has 2 N–H and O–H groups in total. The van der Waals surface area contributed by atoms with Crippen LogP contribution >= 0.6 is 0 Å². The maximum atomic E-state index is 11.5. The van der Waals surface area contributed by atoms with Crippen LogP contribution in [0.4, 0.5) is 0 Å². The average Bonchev–Trinajstić information content (AvgIpc) is 3.13. The van der Waals surface area contributed by atoms with E-state index in [1.54, 1.807) is 7.05 Å². The van der Waals surface area contributed by atoms with Crippen LogP contribution in [0.25, 0.3) is 0 Å². The molecule has 1 aromatic carbocycles. The van der Waals surface area contributed by atoms with Crippen molar-refractivity contribution in [3.63, 3.8) is 0 Å². The number of guanidine groups is 1. The maximum absolute atomic E-state index is 11.5. The number of hydrogen-bond donors (Lipinski definition) is 2. The van der Waals surface area contributed by atoms with Crippen LogP contribution in [-0.2, 0) is 16.4 Å². The molecule has 1 aromatic rings. The third-order valence-electron chi connectivity index (χ3n) is 5.61. The van der Waals surface area contributed by atoms with Gasteiger partial charge in [0.15, 0.2) is 15.8 Å². The smallest absolute Gasteiger partial charge is 0.191 e. The van der Waals surface area contributed by atoms with Crippen molar-refractivity contribution in [1.29, 1.82) is 0 Å². The molecule has 8 heteroatoms. The highest BCUT2D eigenvalue weighted by Crippen LogP contribution is 2.19. The molecule has 1 unspecified atom stereocenters. The lowest BCUT2D eigenvalue weighted by Crippen LogP contribution is -2.48. The third kappa shape index (κ3) is 6.46. The van der Waals surface area contributed by atoms with Gasteiger partial charge in [-0.2, -0.15) is 0 Å². The summed E-state index contributed by atoms with van der Waals surface area (Å²) in [7, 11) is -1.02. The summed E-state index contributed by atoms with van der Waals surface area (Å²) in [5.41, 5.74) is 1.36. The van der Waals surface area contributed by atoms with Crippen molar-refractivity contribution in [3.05, 3.63) is 35.9 Å². The first kappa shape index (κ1) is 21.1. The Kier molecular flexibility index (Phi) is 7.70. The van der Waals surface area contributed by atoms with Crippen LogP contribution < -0.4 is 10.6 Å². The van der Waals surface area contributed by atoms with Gasteiger partial charge in [-0.3, -0.25) is 14.8 Å². The standard InChI is InChI=1S/C20H33N5O2S/c1-21-20(22-9-11-24-12-14-28(26,27)15-13-24)23-16-19-8-5-10-25(19)17-18-6-3-2-4-7-18/h2-4,6-7,19H,5,8-17H2,1H3,(H2,21,22,23). The van der Waals surface area contributed by atoms with Gasteiger partial charge in [0, 0.05) is 52.4 Å². The minimum Gasteiger partial charge on any atom is -0.355 e. The molecule has 0 bridgehead atoms. The molecule has 0 amide bonds. The Bertz CT molecular complexity index is 724. The summed E-state index contributed by atoms with van der Waals surface area (Å²) in [6.07, 6.45) is 2.45. The van der Waals surface area contributed by atoms with Gasteiger partial charge in [-0.1, -0.05) is 30.3 Å². The van der Waals surface area contributed by atoms with Gasteiger partial charge in [0.05, 0.1) is 11.5 Å². The van der Waals surface area contributed by atoms with Crippen molar-refractivity contribution >= 4 is 15.8 Å². The van der Waals surface area contributed by atoms with E-state index >= 15 is 0 Å². The van der Waals surface area contributed by atoms with Crippen LogP contribution in [-0.4, -0.2) is 88.0 Å². The van der Waals surface area contributed by atoms with Gasteiger partial charge in [-0.25, -0.2) is 8.42 Å². The fourth-order valence-electron chi connectivity index (χ4n) is 3.89. The van der Waals surface area contributed by atoms with Gasteiger partial charge in [0.25, 0.3) is 0 Å². The van der Waals surface area contributed by atoms with Crippen LogP contribution in [0.1, 0.15) is 18.4 Å². The number of sulfone groups is 1. The highest BCUT2D eigenvalue weighted by atomic mass is 32.2. The van der Waals surface area contributed by atoms with E-state index in [2.05, 4.69) is 55.8 Å². The lowest BCUT2D eigenvalue weighted by atomic mass is 10.2. The van der Waals surface area contributed by atoms with Gasteiger partial charge in [0.2, 0.25) is 0 Å². The van der Waals surface area contributed by atoms with Crippen molar-refractivity contribution in [3.8, 4) is 0 Å². The highest BCUT2D eigenvalue weighted by Gasteiger charge is 2.24. The fraction of sp³-hybridized carbons (Fsp3) is 0.650. The van der Waals surface area contributed by atoms with Gasteiger partial charge in [-0.15, -0.1) is 0 Å². The molecular formula is C20H33N5O2S. The number of nitrogens with zero attached hydrogens (tertiary/aromatic N) is 3. The number of rotatable bonds is 7. The van der Waals surface area contributed by atoms with Crippen LogP contribution in [0.3, 0.4) is 0 Å². The van der Waals surface area contributed by atoms with Gasteiger partial charge >= 0.3 is 0 Å². The lowest BCUT2D eigenvalue weighted by molar-refractivity contribution is 0.245. The second-order valence-electron chi connectivity index (χ2n) is 7.63. The molecule has 0 radical (unpaired) electrons. The summed E-state index contributed by atoms with van der Waals surface area (Å²) in [6, 6.07) is 11.2.